The molecule has 108 valence electrons. The Kier molecular flexibility index (Phi) is 4.19. The van der Waals surface area contributed by atoms with E-state index in [1.165, 1.54) is 15.6 Å². The van der Waals surface area contributed by atoms with Crippen LogP contribution in [0.15, 0.2) is 22.8 Å². The molecule has 2 N–H and O–H groups in total. The molecule has 0 aliphatic heterocycles. The molecule has 0 radical (unpaired) electrons. The molecule has 2 aromatic rings. The van der Waals surface area contributed by atoms with E-state index in [1.54, 1.807) is 18.4 Å². The Morgan fingerprint density at radius 1 is 1.60 bits per heavy atom. The van der Waals surface area contributed by atoms with Crippen LogP contribution in [0.3, 0.4) is 0 Å². The van der Waals surface area contributed by atoms with Gasteiger partial charge in [0, 0.05) is 17.5 Å². The summed E-state index contributed by atoms with van der Waals surface area (Å²) in [5.41, 5.74) is 1.25. The van der Waals surface area contributed by atoms with Gasteiger partial charge in [0.1, 0.15) is 11.9 Å². The minimum Gasteiger partial charge on any atom is -0.467 e. The van der Waals surface area contributed by atoms with Gasteiger partial charge in [0.05, 0.1) is 17.0 Å². The predicted molar refractivity (Wildman–Crippen MR) is 78.8 cm³/mol. The third-order valence-corrected chi connectivity index (χ3v) is 5.08. The average Bonchev–Trinajstić information content (AvgIpc) is 3.13. The number of fused-ring (bicyclic) bond motifs is 1. The first kappa shape index (κ1) is 13.8. The van der Waals surface area contributed by atoms with Crippen LogP contribution in [-0.2, 0) is 12.8 Å². The third-order valence-electron chi connectivity index (χ3n) is 3.73. The van der Waals surface area contributed by atoms with Gasteiger partial charge >= 0.3 is 0 Å². The maximum absolute atomic E-state index is 10.1. The normalized spacial score (nSPS) is 19.8. The predicted octanol–water partition coefficient (Wildman–Crippen LogP) is 3.00. The van der Waals surface area contributed by atoms with E-state index in [2.05, 4.69) is 12.2 Å². The topological polar surface area (TPSA) is 58.3 Å². The number of rotatable bonds is 5. The maximum Gasteiger partial charge on any atom is 0.133 e. The van der Waals surface area contributed by atoms with Crippen molar-refractivity contribution >= 4 is 11.3 Å². The van der Waals surface area contributed by atoms with Gasteiger partial charge in [0.25, 0.3) is 0 Å². The molecule has 5 heteroatoms. The lowest BCUT2D eigenvalue weighted by molar-refractivity contribution is 0.142. The summed E-state index contributed by atoms with van der Waals surface area (Å²) in [7, 11) is 0. The molecule has 2 heterocycles. The van der Waals surface area contributed by atoms with Crippen molar-refractivity contribution in [1.29, 1.82) is 0 Å². The van der Waals surface area contributed by atoms with Gasteiger partial charge in [-0.25, -0.2) is 4.98 Å². The monoisotopic (exact) mass is 292 g/mol. The Labute approximate surface area is 122 Å². The lowest BCUT2D eigenvalue weighted by Gasteiger charge is -2.23. The van der Waals surface area contributed by atoms with Gasteiger partial charge in [-0.1, -0.05) is 6.92 Å². The van der Waals surface area contributed by atoms with E-state index in [0.717, 1.165) is 25.7 Å². The molecule has 2 atom stereocenters. The second kappa shape index (κ2) is 6.08. The molecule has 0 saturated heterocycles. The third kappa shape index (κ3) is 2.80. The van der Waals surface area contributed by atoms with E-state index in [9.17, 15) is 5.11 Å². The highest BCUT2D eigenvalue weighted by molar-refractivity contribution is 7.11. The highest BCUT2D eigenvalue weighted by atomic mass is 32.1. The van der Waals surface area contributed by atoms with Gasteiger partial charge < -0.3 is 14.8 Å². The van der Waals surface area contributed by atoms with Crippen LogP contribution in [0.4, 0.5) is 0 Å². The standard InChI is InChI=1S/C15H20N2O2S/c1-2-14-17-11-6-3-5-10(15(11)20-14)16-9-12(18)13-7-4-8-19-13/h4,7-8,10,12,16,18H,2-3,5-6,9H2,1H3. The number of nitrogens with one attached hydrogen (secondary N) is 1. The Morgan fingerprint density at radius 3 is 3.25 bits per heavy atom. The number of hydrogen-bond acceptors (Lipinski definition) is 5. The van der Waals surface area contributed by atoms with Crippen LogP contribution in [-0.4, -0.2) is 16.6 Å². The van der Waals surface area contributed by atoms with Crippen LogP contribution in [0.2, 0.25) is 0 Å². The van der Waals surface area contributed by atoms with Crippen molar-refractivity contribution in [3.63, 3.8) is 0 Å². The van der Waals surface area contributed by atoms with Crippen molar-refractivity contribution in [2.75, 3.05) is 6.54 Å². The first-order valence-corrected chi connectivity index (χ1v) is 8.03. The molecule has 0 spiro atoms. The van der Waals surface area contributed by atoms with Crippen molar-refractivity contribution in [1.82, 2.24) is 10.3 Å². The SMILES string of the molecule is CCc1nc2c(s1)C(NCC(O)c1ccco1)CCC2. The minimum absolute atomic E-state index is 0.321. The summed E-state index contributed by atoms with van der Waals surface area (Å²) < 4.78 is 5.23. The molecule has 3 rings (SSSR count). The van der Waals surface area contributed by atoms with E-state index in [-0.39, 0.29) is 0 Å². The highest BCUT2D eigenvalue weighted by Gasteiger charge is 2.24. The van der Waals surface area contributed by atoms with Gasteiger partial charge in [-0.3, -0.25) is 0 Å². The molecule has 1 aliphatic rings. The van der Waals surface area contributed by atoms with Gasteiger partial charge in [-0.15, -0.1) is 11.3 Å². The Morgan fingerprint density at radius 2 is 2.50 bits per heavy atom. The molecular formula is C15H20N2O2S. The van der Waals surface area contributed by atoms with E-state index in [4.69, 9.17) is 9.40 Å². The molecule has 4 nitrogen and oxygen atoms in total. The number of aryl methyl sites for hydroxylation is 2. The second-order valence-corrected chi connectivity index (χ2v) is 6.27. The summed E-state index contributed by atoms with van der Waals surface area (Å²) in [6, 6.07) is 3.93. The fourth-order valence-electron chi connectivity index (χ4n) is 2.65. The van der Waals surface area contributed by atoms with Crippen molar-refractivity contribution < 1.29 is 9.52 Å². The van der Waals surface area contributed by atoms with Crippen molar-refractivity contribution in [3.8, 4) is 0 Å². The van der Waals surface area contributed by atoms with Crippen LogP contribution in [0, 0.1) is 0 Å². The maximum atomic E-state index is 10.1. The van der Waals surface area contributed by atoms with Crippen LogP contribution >= 0.6 is 11.3 Å². The minimum atomic E-state index is -0.589. The molecule has 0 saturated carbocycles. The number of aliphatic hydroxyl groups is 1. The fraction of sp³-hybridized carbons (Fsp3) is 0.533. The largest absolute Gasteiger partial charge is 0.467 e. The quantitative estimate of drug-likeness (QED) is 0.889. The fourth-order valence-corrected chi connectivity index (χ4v) is 3.81. The zero-order chi connectivity index (χ0) is 13.9. The van der Waals surface area contributed by atoms with Crippen molar-refractivity contribution in [3.05, 3.63) is 39.7 Å². The van der Waals surface area contributed by atoms with E-state index in [0.29, 0.717) is 18.3 Å². The number of hydrogen-bond donors (Lipinski definition) is 2. The lowest BCUT2D eigenvalue weighted by Crippen LogP contribution is -2.28. The van der Waals surface area contributed by atoms with Gasteiger partial charge in [-0.2, -0.15) is 0 Å². The van der Waals surface area contributed by atoms with E-state index >= 15 is 0 Å². The summed E-state index contributed by atoms with van der Waals surface area (Å²) in [6.45, 7) is 2.66. The van der Waals surface area contributed by atoms with Crippen LogP contribution in [0.1, 0.15) is 53.3 Å². The molecule has 1 aliphatic carbocycles. The van der Waals surface area contributed by atoms with Gasteiger partial charge in [0.2, 0.25) is 0 Å². The molecule has 2 aromatic heterocycles. The van der Waals surface area contributed by atoms with Crippen LogP contribution in [0.5, 0.6) is 0 Å². The molecule has 2 unspecified atom stereocenters. The number of aromatic nitrogens is 1. The average molecular weight is 292 g/mol. The number of furan rings is 1. The molecule has 0 fully saturated rings. The van der Waals surface area contributed by atoms with Crippen LogP contribution in [0.25, 0.3) is 0 Å². The zero-order valence-electron chi connectivity index (χ0n) is 11.6. The molecule has 0 aromatic carbocycles. The Hall–Kier alpha value is -1.17. The smallest absolute Gasteiger partial charge is 0.133 e. The van der Waals surface area contributed by atoms with Crippen molar-refractivity contribution in [2.24, 2.45) is 0 Å². The summed E-state index contributed by atoms with van der Waals surface area (Å²) >= 11 is 1.81. The highest BCUT2D eigenvalue weighted by Crippen LogP contribution is 2.34. The lowest BCUT2D eigenvalue weighted by atomic mass is 9.98. The number of aliphatic hydroxyl groups excluding tert-OH is 1. The number of thiazole rings is 1. The van der Waals surface area contributed by atoms with Crippen LogP contribution < -0.4 is 5.32 Å². The summed E-state index contributed by atoms with van der Waals surface area (Å²) in [4.78, 5) is 6.05. The molecular weight excluding hydrogens is 272 g/mol. The van der Waals surface area contributed by atoms with Crippen molar-refractivity contribution in [2.45, 2.75) is 44.8 Å². The van der Waals surface area contributed by atoms with Gasteiger partial charge in [0.15, 0.2) is 0 Å². The molecule has 20 heavy (non-hydrogen) atoms. The number of nitrogens with zero attached hydrogens (tertiary/aromatic N) is 1. The van der Waals surface area contributed by atoms with Gasteiger partial charge in [-0.05, 0) is 37.8 Å². The van der Waals surface area contributed by atoms with E-state index < -0.39 is 6.10 Å². The first-order chi connectivity index (χ1) is 9.78. The summed E-state index contributed by atoms with van der Waals surface area (Å²) in [5.74, 6) is 0.618. The first-order valence-electron chi connectivity index (χ1n) is 7.21. The Bertz CT molecular complexity index is 550. The zero-order valence-corrected chi connectivity index (χ0v) is 12.4. The Balaban J connectivity index is 1.65. The second-order valence-electron chi connectivity index (χ2n) is 5.16. The summed E-state index contributed by atoms with van der Waals surface area (Å²) in [5, 5.41) is 14.8. The molecule has 0 bridgehead atoms. The van der Waals surface area contributed by atoms with E-state index in [1.807, 2.05) is 11.3 Å². The summed E-state index contributed by atoms with van der Waals surface area (Å²) in [6.07, 6.45) is 5.37. The molecule has 0 amide bonds.